The molecule has 6 heteroatoms. The zero-order chi connectivity index (χ0) is 22.3. The van der Waals surface area contributed by atoms with Gasteiger partial charge in [0.1, 0.15) is 5.69 Å². The van der Waals surface area contributed by atoms with Gasteiger partial charge in [-0.05, 0) is 30.2 Å². The van der Waals surface area contributed by atoms with Crippen LogP contribution in [0.3, 0.4) is 0 Å². The zero-order valence-electron chi connectivity index (χ0n) is 17.8. The number of pyridine rings is 1. The van der Waals surface area contributed by atoms with E-state index < -0.39 is 0 Å². The Morgan fingerprint density at radius 2 is 1.75 bits per heavy atom. The van der Waals surface area contributed by atoms with Crippen molar-refractivity contribution in [1.29, 1.82) is 0 Å². The van der Waals surface area contributed by atoms with Gasteiger partial charge in [0.15, 0.2) is 5.82 Å². The van der Waals surface area contributed by atoms with Gasteiger partial charge in [0.2, 0.25) is 5.91 Å². The molecule has 2 aromatic carbocycles. The highest BCUT2D eigenvalue weighted by Crippen LogP contribution is 2.19. The number of benzene rings is 2. The van der Waals surface area contributed by atoms with Gasteiger partial charge in [-0.25, -0.2) is 4.98 Å². The van der Waals surface area contributed by atoms with Crippen molar-refractivity contribution in [2.45, 2.75) is 25.8 Å². The topological polar surface area (TPSA) is 87.7 Å². The van der Waals surface area contributed by atoms with Gasteiger partial charge in [0.05, 0.1) is 18.2 Å². The number of H-pyrrole nitrogens is 1. The van der Waals surface area contributed by atoms with Crippen molar-refractivity contribution in [3.63, 3.8) is 0 Å². The Bertz CT molecular complexity index is 1240. The van der Waals surface area contributed by atoms with E-state index in [0.717, 1.165) is 16.7 Å². The number of aromatic amines is 1. The second-order valence-corrected chi connectivity index (χ2v) is 7.70. The van der Waals surface area contributed by atoms with Crippen LogP contribution in [-0.2, 0) is 17.6 Å². The molecule has 2 N–H and O–H groups in total. The Hall–Kier alpha value is -4.06. The van der Waals surface area contributed by atoms with Gasteiger partial charge in [-0.3, -0.25) is 14.6 Å². The maximum Gasteiger partial charge on any atom is 0.251 e. The van der Waals surface area contributed by atoms with Crippen LogP contribution >= 0.6 is 0 Å². The maximum absolute atomic E-state index is 12.8. The molecule has 0 spiro atoms. The summed E-state index contributed by atoms with van der Waals surface area (Å²) in [5, 5.41) is 3.12. The van der Waals surface area contributed by atoms with Gasteiger partial charge >= 0.3 is 0 Å². The minimum Gasteiger partial charge on any atom is -0.349 e. The van der Waals surface area contributed by atoms with Gasteiger partial charge in [-0.15, -0.1) is 0 Å². The van der Waals surface area contributed by atoms with Crippen molar-refractivity contribution in [2.75, 3.05) is 0 Å². The monoisotopic (exact) mass is 424 g/mol. The first-order valence-electron chi connectivity index (χ1n) is 10.5. The molecule has 1 amide bonds. The van der Waals surface area contributed by atoms with E-state index in [0.29, 0.717) is 23.6 Å². The molecule has 0 aliphatic carbocycles. The van der Waals surface area contributed by atoms with Crippen LogP contribution in [0.5, 0.6) is 0 Å². The Morgan fingerprint density at radius 1 is 1.00 bits per heavy atom. The van der Waals surface area contributed by atoms with Crippen molar-refractivity contribution in [2.24, 2.45) is 0 Å². The molecule has 6 nitrogen and oxygen atoms in total. The fourth-order valence-electron chi connectivity index (χ4n) is 3.52. The number of rotatable bonds is 7. The Morgan fingerprint density at radius 3 is 2.47 bits per heavy atom. The van der Waals surface area contributed by atoms with E-state index in [1.54, 1.807) is 18.3 Å². The number of amides is 1. The first kappa shape index (κ1) is 21.2. The molecule has 4 rings (SSSR count). The van der Waals surface area contributed by atoms with Crippen LogP contribution in [0.1, 0.15) is 28.4 Å². The first-order valence-corrected chi connectivity index (χ1v) is 10.5. The van der Waals surface area contributed by atoms with E-state index in [4.69, 9.17) is 0 Å². The normalized spacial score (nSPS) is 11.7. The molecule has 2 aromatic heterocycles. The molecule has 0 radical (unpaired) electrons. The number of hydrogen-bond acceptors (Lipinski definition) is 4. The summed E-state index contributed by atoms with van der Waals surface area (Å²) in [6.45, 7) is 2.02. The predicted molar refractivity (Wildman–Crippen MR) is 124 cm³/mol. The minimum absolute atomic E-state index is 0.0857. The summed E-state index contributed by atoms with van der Waals surface area (Å²) in [5.41, 5.74) is 3.97. The molecule has 4 aromatic rings. The van der Waals surface area contributed by atoms with E-state index >= 15 is 0 Å². The van der Waals surface area contributed by atoms with E-state index in [9.17, 15) is 9.59 Å². The number of nitrogens with zero attached hydrogens (tertiary/aromatic N) is 2. The van der Waals surface area contributed by atoms with Crippen LogP contribution < -0.4 is 10.9 Å². The van der Waals surface area contributed by atoms with Gasteiger partial charge in [0, 0.05) is 18.7 Å². The van der Waals surface area contributed by atoms with Crippen LogP contribution in [-0.4, -0.2) is 20.9 Å². The van der Waals surface area contributed by atoms with Crippen LogP contribution in [0.15, 0.2) is 89.9 Å². The molecule has 1 atom stereocenters. The average Bonchev–Trinajstić information content (AvgIpc) is 2.81. The third-order valence-corrected chi connectivity index (χ3v) is 5.14. The van der Waals surface area contributed by atoms with E-state index in [1.807, 2.05) is 67.6 Å². The maximum atomic E-state index is 12.8. The summed E-state index contributed by atoms with van der Waals surface area (Å²) < 4.78 is 0. The smallest absolute Gasteiger partial charge is 0.251 e. The highest BCUT2D eigenvalue weighted by molar-refractivity contribution is 5.79. The van der Waals surface area contributed by atoms with E-state index in [2.05, 4.69) is 20.3 Å². The summed E-state index contributed by atoms with van der Waals surface area (Å²) >= 11 is 0. The quantitative estimate of drug-likeness (QED) is 0.473. The van der Waals surface area contributed by atoms with Gasteiger partial charge in [0.25, 0.3) is 5.56 Å². The van der Waals surface area contributed by atoms with E-state index in [-0.39, 0.29) is 23.9 Å². The molecule has 0 aliphatic rings. The van der Waals surface area contributed by atoms with Gasteiger partial charge in [-0.2, -0.15) is 0 Å². The van der Waals surface area contributed by atoms with Crippen molar-refractivity contribution in [3.05, 3.63) is 118 Å². The lowest BCUT2D eigenvalue weighted by molar-refractivity contribution is -0.121. The SMILES string of the molecule is Cc1ccc(CC(=O)N[C@H](Cc2cc(=O)[nH]c(-c3ccccn3)n2)c2ccccc2)cc1. The minimum atomic E-state index is -0.319. The molecule has 2 heterocycles. The van der Waals surface area contributed by atoms with Crippen LogP contribution in [0.4, 0.5) is 0 Å². The van der Waals surface area contributed by atoms with Crippen molar-refractivity contribution >= 4 is 5.91 Å². The Kier molecular flexibility index (Phi) is 6.51. The number of hydrogen-bond donors (Lipinski definition) is 2. The van der Waals surface area contributed by atoms with Crippen LogP contribution in [0, 0.1) is 6.92 Å². The lowest BCUT2D eigenvalue weighted by atomic mass is 10.0. The average molecular weight is 425 g/mol. The number of aryl methyl sites for hydroxylation is 1. The second-order valence-electron chi connectivity index (χ2n) is 7.70. The van der Waals surface area contributed by atoms with Crippen LogP contribution in [0.25, 0.3) is 11.5 Å². The number of nitrogens with one attached hydrogen (secondary N) is 2. The molecule has 0 bridgehead atoms. The van der Waals surface area contributed by atoms with Crippen molar-refractivity contribution < 1.29 is 4.79 Å². The lowest BCUT2D eigenvalue weighted by Gasteiger charge is -2.19. The largest absolute Gasteiger partial charge is 0.349 e. The summed E-state index contributed by atoms with van der Waals surface area (Å²) in [4.78, 5) is 36.7. The molecule has 0 saturated heterocycles. The molecule has 32 heavy (non-hydrogen) atoms. The summed E-state index contributed by atoms with van der Waals surface area (Å²) in [5.74, 6) is 0.323. The number of aromatic nitrogens is 3. The summed E-state index contributed by atoms with van der Waals surface area (Å²) in [7, 11) is 0. The summed E-state index contributed by atoms with van der Waals surface area (Å²) in [6, 6.07) is 24.2. The molecular formula is C26H24N4O2. The highest BCUT2D eigenvalue weighted by Gasteiger charge is 2.17. The third kappa shape index (κ3) is 5.55. The second kappa shape index (κ2) is 9.83. The first-order chi connectivity index (χ1) is 15.6. The fraction of sp³-hybridized carbons (Fsp3) is 0.154. The number of carbonyl (C=O) groups excluding carboxylic acids is 1. The fourth-order valence-corrected chi connectivity index (χ4v) is 3.52. The van der Waals surface area contributed by atoms with Crippen LogP contribution in [0.2, 0.25) is 0 Å². The van der Waals surface area contributed by atoms with Gasteiger partial charge in [-0.1, -0.05) is 66.2 Å². The van der Waals surface area contributed by atoms with Gasteiger partial charge < -0.3 is 10.3 Å². The standard InChI is InChI=1S/C26H24N4O2/c1-18-10-12-19(13-11-18)15-24(31)29-23(20-7-3-2-4-8-20)16-21-17-25(32)30-26(28-21)22-9-5-6-14-27-22/h2-14,17,23H,15-16H2,1H3,(H,29,31)(H,28,30,32)/t23-/m1/s1. The highest BCUT2D eigenvalue weighted by atomic mass is 16.1. The Labute approximate surface area is 186 Å². The molecule has 0 aliphatic heterocycles. The van der Waals surface area contributed by atoms with E-state index in [1.165, 1.54) is 6.07 Å². The third-order valence-electron chi connectivity index (χ3n) is 5.14. The lowest BCUT2D eigenvalue weighted by Crippen LogP contribution is -2.31. The number of carbonyl (C=O) groups is 1. The summed E-state index contributed by atoms with van der Waals surface area (Å²) in [6.07, 6.45) is 2.32. The molecule has 160 valence electrons. The van der Waals surface area contributed by atoms with Crippen molar-refractivity contribution in [1.82, 2.24) is 20.3 Å². The molecule has 0 unspecified atom stereocenters. The zero-order valence-corrected chi connectivity index (χ0v) is 17.8. The molecular weight excluding hydrogens is 400 g/mol. The molecule has 0 fully saturated rings. The Balaban J connectivity index is 1.58. The molecule has 0 saturated carbocycles. The predicted octanol–water partition coefficient (Wildman–Crippen LogP) is 3.78. The van der Waals surface area contributed by atoms with Crippen molar-refractivity contribution in [3.8, 4) is 11.5 Å².